The third-order valence-corrected chi connectivity index (χ3v) is 4.71. The van der Waals surface area contributed by atoms with Crippen LogP contribution >= 0.6 is 28.3 Å². The van der Waals surface area contributed by atoms with Gasteiger partial charge in [-0.1, -0.05) is 15.9 Å². The molecule has 0 amide bonds. The van der Waals surface area contributed by atoms with Crippen LogP contribution in [0.25, 0.3) is 10.9 Å². The second-order valence-electron chi connectivity index (χ2n) is 5.90. The lowest BCUT2D eigenvalue weighted by Crippen LogP contribution is -2.32. The van der Waals surface area contributed by atoms with Gasteiger partial charge in [0.25, 0.3) is 0 Å². The van der Waals surface area contributed by atoms with E-state index in [2.05, 4.69) is 44.6 Å². The number of Topliss-reactive ketones (excluding diaryl/α,β-unsaturated/α-hetero) is 1. The second-order valence-corrected chi connectivity index (χ2v) is 6.82. The topological polar surface area (TPSA) is 25.2 Å². The Balaban J connectivity index is 0.00000161. The van der Waals surface area contributed by atoms with E-state index in [9.17, 15) is 4.79 Å². The van der Waals surface area contributed by atoms with Gasteiger partial charge in [0.1, 0.15) is 0 Å². The van der Waals surface area contributed by atoms with Crippen LogP contribution in [0, 0.1) is 5.92 Å². The van der Waals surface area contributed by atoms with Gasteiger partial charge in [-0.3, -0.25) is 4.79 Å². The first kappa shape index (κ1) is 16.5. The molecule has 0 spiro atoms. The molecule has 114 valence electrons. The first-order chi connectivity index (χ1) is 9.49. The quantitative estimate of drug-likeness (QED) is 0.805. The van der Waals surface area contributed by atoms with E-state index in [4.69, 9.17) is 0 Å². The minimum absolute atomic E-state index is 0. The lowest BCUT2D eigenvalue weighted by Gasteiger charge is -2.24. The predicted octanol–water partition coefficient (Wildman–Crippen LogP) is 3.67. The van der Waals surface area contributed by atoms with Gasteiger partial charge in [0.2, 0.25) is 0 Å². The maximum absolute atomic E-state index is 12.8. The molecule has 21 heavy (non-hydrogen) atoms. The third kappa shape index (κ3) is 2.77. The van der Waals surface area contributed by atoms with Gasteiger partial charge in [0.15, 0.2) is 5.78 Å². The van der Waals surface area contributed by atoms with Crippen molar-refractivity contribution in [1.82, 2.24) is 9.47 Å². The molecule has 0 saturated heterocycles. The largest absolute Gasteiger partial charge is 0.347 e. The van der Waals surface area contributed by atoms with Gasteiger partial charge in [-0.2, -0.15) is 0 Å². The molecule has 1 aliphatic rings. The molecular formula is C16H20BrClN2O. The average Bonchev–Trinajstić information content (AvgIpc) is 2.66. The van der Waals surface area contributed by atoms with Gasteiger partial charge >= 0.3 is 0 Å². The van der Waals surface area contributed by atoms with E-state index < -0.39 is 0 Å². The van der Waals surface area contributed by atoms with E-state index in [-0.39, 0.29) is 18.3 Å². The maximum Gasteiger partial charge on any atom is 0.169 e. The molecule has 0 fully saturated rings. The van der Waals surface area contributed by atoms with Crippen LogP contribution in [0.4, 0.5) is 0 Å². The van der Waals surface area contributed by atoms with Crippen molar-refractivity contribution in [2.24, 2.45) is 13.0 Å². The first-order valence-electron chi connectivity index (χ1n) is 6.94. The van der Waals surface area contributed by atoms with Crippen molar-refractivity contribution in [2.45, 2.75) is 12.8 Å². The molecule has 3 rings (SSSR count). The SMILES string of the molecule is CN(C)CC1CCc2c(c3cc(Br)ccc3n2C)C1=O.Cl. The number of carbonyl (C=O) groups is 1. The highest BCUT2D eigenvalue weighted by molar-refractivity contribution is 9.10. The predicted molar refractivity (Wildman–Crippen MR) is 92.6 cm³/mol. The molecule has 1 aliphatic carbocycles. The molecule has 1 aromatic heterocycles. The Morgan fingerprint density at radius 3 is 2.76 bits per heavy atom. The van der Waals surface area contributed by atoms with Crippen LogP contribution < -0.4 is 0 Å². The smallest absolute Gasteiger partial charge is 0.169 e. The Labute approximate surface area is 139 Å². The summed E-state index contributed by atoms with van der Waals surface area (Å²) in [6.45, 7) is 0.836. The molecule has 0 saturated carbocycles. The van der Waals surface area contributed by atoms with Crippen molar-refractivity contribution in [3.05, 3.63) is 33.9 Å². The Hall–Kier alpha value is -0.840. The van der Waals surface area contributed by atoms with Crippen LogP contribution in [0.2, 0.25) is 0 Å². The number of rotatable bonds is 2. The Morgan fingerprint density at radius 2 is 2.10 bits per heavy atom. The summed E-state index contributed by atoms with van der Waals surface area (Å²) in [4.78, 5) is 14.9. The molecule has 1 aromatic carbocycles. The maximum atomic E-state index is 12.8. The van der Waals surface area contributed by atoms with Gasteiger partial charge in [0.05, 0.1) is 0 Å². The monoisotopic (exact) mass is 370 g/mol. The number of carbonyl (C=O) groups excluding carboxylic acids is 1. The fourth-order valence-electron chi connectivity index (χ4n) is 3.30. The van der Waals surface area contributed by atoms with Crippen molar-refractivity contribution in [3.8, 4) is 0 Å². The molecule has 1 heterocycles. The number of nitrogens with zero attached hydrogens (tertiary/aromatic N) is 2. The number of hydrogen-bond donors (Lipinski definition) is 0. The minimum Gasteiger partial charge on any atom is -0.347 e. The standard InChI is InChI=1S/C16H19BrN2O.ClH/c1-18(2)9-10-4-6-14-15(16(10)20)12-8-11(17)5-7-13(12)19(14)3;/h5,7-8,10H,4,6,9H2,1-3H3;1H. The minimum atomic E-state index is 0. The summed E-state index contributed by atoms with van der Waals surface area (Å²) in [5, 5.41) is 1.09. The van der Waals surface area contributed by atoms with Crippen LogP contribution in [0.1, 0.15) is 22.5 Å². The summed E-state index contributed by atoms with van der Waals surface area (Å²) in [7, 11) is 6.12. The van der Waals surface area contributed by atoms with E-state index in [0.29, 0.717) is 5.78 Å². The van der Waals surface area contributed by atoms with E-state index in [1.807, 2.05) is 20.2 Å². The zero-order valence-corrected chi connectivity index (χ0v) is 14.9. The third-order valence-electron chi connectivity index (χ3n) is 4.22. The molecule has 0 bridgehead atoms. The van der Waals surface area contributed by atoms with Crippen LogP contribution in [0.15, 0.2) is 22.7 Å². The number of aryl methyl sites for hydroxylation is 1. The van der Waals surface area contributed by atoms with E-state index >= 15 is 0 Å². The second kappa shape index (κ2) is 6.11. The highest BCUT2D eigenvalue weighted by atomic mass is 79.9. The molecule has 3 nitrogen and oxygen atoms in total. The molecule has 2 aromatic rings. The fraction of sp³-hybridized carbons (Fsp3) is 0.438. The summed E-state index contributed by atoms with van der Waals surface area (Å²) >= 11 is 3.52. The molecule has 0 aliphatic heterocycles. The molecule has 1 atom stereocenters. The average molecular weight is 372 g/mol. The zero-order chi connectivity index (χ0) is 14.4. The van der Waals surface area contributed by atoms with Gasteiger partial charge in [-0.15, -0.1) is 12.4 Å². The lowest BCUT2D eigenvalue weighted by molar-refractivity contribution is 0.0878. The van der Waals surface area contributed by atoms with Crippen LogP contribution in [0.5, 0.6) is 0 Å². The van der Waals surface area contributed by atoms with Crippen molar-refractivity contribution >= 4 is 45.0 Å². The highest BCUT2D eigenvalue weighted by Gasteiger charge is 2.32. The Morgan fingerprint density at radius 1 is 1.38 bits per heavy atom. The number of aromatic nitrogens is 1. The molecule has 0 radical (unpaired) electrons. The highest BCUT2D eigenvalue weighted by Crippen LogP contribution is 2.35. The number of hydrogen-bond acceptors (Lipinski definition) is 2. The van der Waals surface area contributed by atoms with Crippen molar-refractivity contribution in [3.63, 3.8) is 0 Å². The molecular weight excluding hydrogens is 352 g/mol. The first-order valence-corrected chi connectivity index (χ1v) is 7.74. The normalized spacial score (nSPS) is 18.0. The van der Waals surface area contributed by atoms with Crippen molar-refractivity contribution in [1.29, 1.82) is 0 Å². The summed E-state index contributed by atoms with van der Waals surface area (Å²) in [5.74, 6) is 0.436. The van der Waals surface area contributed by atoms with Crippen molar-refractivity contribution < 1.29 is 4.79 Å². The lowest BCUT2D eigenvalue weighted by atomic mass is 9.85. The summed E-state index contributed by atoms with van der Waals surface area (Å²) in [6.07, 6.45) is 1.94. The van der Waals surface area contributed by atoms with Gasteiger partial charge < -0.3 is 9.47 Å². The molecule has 0 N–H and O–H groups in total. The van der Waals surface area contributed by atoms with E-state index in [1.54, 1.807) is 0 Å². The Kier molecular flexibility index (Phi) is 4.81. The van der Waals surface area contributed by atoms with Crippen LogP contribution in [0.3, 0.4) is 0 Å². The number of benzene rings is 1. The summed E-state index contributed by atoms with van der Waals surface area (Å²) < 4.78 is 3.21. The zero-order valence-electron chi connectivity index (χ0n) is 12.5. The summed E-state index contributed by atoms with van der Waals surface area (Å²) in [6, 6.07) is 6.20. The molecule has 1 unspecified atom stereocenters. The molecule has 5 heteroatoms. The number of halogens is 2. The van der Waals surface area contributed by atoms with E-state index in [0.717, 1.165) is 40.3 Å². The van der Waals surface area contributed by atoms with Gasteiger partial charge in [0, 0.05) is 46.1 Å². The van der Waals surface area contributed by atoms with Gasteiger partial charge in [-0.25, -0.2) is 0 Å². The fourth-order valence-corrected chi connectivity index (χ4v) is 3.66. The Bertz CT molecular complexity index is 693. The summed E-state index contributed by atoms with van der Waals surface area (Å²) in [5.41, 5.74) is 3.29. The van der Waals surface area contributed by atoms with E-state index in [1.165, 1.54) is 5.69 Å². The van der Waals surface area contributed by atoms with Crippen LogP contribution in [-0.4, -0.2) is 35.9 Å². The number of ketones is 1. The number of fused-ring (bicyclic) bond motifs is 3. The van der Waals surface area contributed by atoms with Crippen LogP contribution in [-0.2, 0) is 13.5 Å². The van der Waals surface area contributed by atoms with Gasteiger partial charge in [-0.05, 0) is 45.1 Å². The van der Waals surface area contributed by atoms with Crippen molar-refractivity contribution in [2.75, 3.05) is 20.6 Å².